The highest BCUT2D eigenvalue weighted by Crippen LogP contribution is 2.36. The minimum absolute atomic E-state index is 0.311. The van der Waals surface area contributed by atoms with Crippen LogP contribution in [-0.2, 0) is 22.5 Å². The zero-order chi connectivity index (χ0) is 29.2. The lowest BCUT2D eigenvalue weighted by atomic mass is 10.1. The number of nitriles is 1. The number of nitrogens with one attached hydrogen (secondary N) is 1. The molecule has 8 nitrogen and oxygen atoms in total. The molecule has 2 heterocycles. The molecule has 1 aliphatic rings. The van der Waals surface area contributed by atoms with Gasteiger partial charge in [0.2, 0.25) is 0 Å². The number of carbonyl (C=O) groups is 2. The maximum absolute atomic E-state index is 13.5. The first kappa shape index (κ1) is 29.6. The van der Waals surface area contributed by atoms with Crippen molar-refractivity contribution in [2.24, 2.45) is 4.99 Å². The van der Waals surface area contributed by atoms with E-state index in [2.05, 4.69) is 22.9 Å². The number of likely N-dealkylation sites (tertiary alicyclic amines) is 1. The third kappa shape index (κ3) is 7.83. The number of thiophene rings is 1. The van der Waals surface area contributed by atoms with Crippen LogP contribution in [0.25, 0.3) is 5.70 Å². The van der Waals surface area contributed by atoms with Gasteiger partial charge in [-0.1, -0.05) is 55.1 Å². The van der Waals surface area contributed by atoms with E-state index in [0.717, 1.165) is 41.9 Å². The summed E-state index contributed by atoms with van der Waals surface area (Å²) in [4.78, 5) is 36.1. The first-order chi connectivity index (χ1) is 19.9. The van der Waals surface area contributed by atoms with Gasteiger partial charge in [-0.05, 0) is 42.5 Å². The Morgan fingerprint density at radius 2 is 1.88 bits per heavy atom. The van der Waals surface area contributed by atoms with Crippen LogP contribution >= 0.6 is 11.3 Å². The van der Waals surface area contributed by atoms with Crippen molar-refractivity contribution in [3.63, 3.8) is 0 Å². The number of hydrogen-bond donors (Lipinski definition) is 1. The van der Waals surface area contributed by atoms with Gasteiger partial charge in [0.15, 0.2) is 0 Å². The van der Waals surface area contributed by atoms with Crippen molar-refractivity contribution in [2.75, 3.05) is 27.2 Å². The summed E-state index contributed by atoms with van der Waals surface area (Å²) in [5, 5.41) is 12.4. The summed E-state index contributed by atoms with van der Waals surface area (Å²) in [5.74, 6) is -0.894. The van der Waals surface area contributed by atoms with Crippen LogP contribution in [0, 0.1) is 11.3 Å². The molecule has 1 aliphatic heterocycles. The number of methoxy groups -OCH3 is 1. The quantitative estimate of drug-likeness (QED) is 0.189. The van der Waals surface area contributed by atoms with Crippen molar-refractivity contribution < 1.29 is 14.3 Å². The molecule has 0 saturated carbocycles. The molecule has 1 saturated heterocycles. The largest absolute Gasteiger partial charge is 0.467 e. The van der Waals surface area contributed by atoms with Gasteiger partial charge in [-0.2, -0.15) is 5.26 Å². The molecule has 1 fully saturated rings. The lowest BCUT2D eigenvalue weighted by Gasteiger charge is -2.24. The molecule has 1 unspecified atom stereocenters. The van der Waals surface area contributed by atoms with E-state index in [1.807, 2.05) is 66.8 Å². The SMILES string of the molecule is C=C(c1sc(C(=O)NC(Cc2ccccc2)C(=O)OC)cc1/N=C/N1CCCCC1)N(C)Cc1ccccc1C#N. The third-order valence-electron chi connectivity index (χ3n) is 7.03. The molecule has 1 aromatic heterocycles. The molecular weight excluding hydrogens is 534 g/mol. The lowest BCUT2D eigenvalue weighted by Crippen LogP contribution is -2.42. The number of rotatable bonds is 11. The number of carbonyl (C=O) groups excluding carboxylic acids is 2. The summed E-state index contributed by atoms with van der Waals surface area (Å²) < 4.78 is 4.98. The minimum Gasteiger partial charge on any atom is -0.467 e. The van der Waals surface area contributed by atoms with Crippen molar-refractivity contribution in [3.8, 4) is 6.07 Å². The summed E-state index contributed by atoms with van der Waals surface area (Å²) in [6, 6.07) is 20.1. The number of ether oxygens (including phenoxy) is 1. The summed E-state index contributed by atoms with van der Waals surface area (Å²) in [7, 11) is 3.22. The average Bonchev–Trinajstić information content (AvgIpc) is 3.44. The van der Waals surface area contributed by atoms with Gasteiger partial charge in [-0.3, -0.25) is 4.79 Å². The number of aliphatic imine (C=N–C) groups is 1. The van der Waals surface area contributed by atoms with E-state index < -0.39 is 12.0 Å². The van der Waals surface area contributed by atoms with E-state index >= 15 is 0 Å². The minimum atomic E-state index is -0.839. The van der Waals surface area contributed by atoms with Crippen LogP contribution in [0.3, 0.4) is 0 Å². The Hall–Kier alpha value is -4.42. The molecule has 212 valence electrons. The fraction of sp³-hybridized carbons (Fsp3) is 0.312. The first-order valence-corrected chi connectivity index (χ1v) is 14.4. The van der Waals surface area contributed by atoms with Crippen LogP contribution in [0.5, 0.6) is 0 Å². The number of esters is 1. The van der Waals surface area contributed by atoms with E-state index in [4.69, 9.17) is 9.73 Å². The predicted octanol–water partition coefficient (Wildman–Crippen LogP) is 5.38. The van der Waals surface area contributed by atoms with Gasteiger partial charge in [0.25, 0.3) is 5.91 Å². The Kier molecular flexibility index (Phi) is 10.3. The van der Waals surface area contributed by atoms with Gasteiger partial charge in [0.05, 0.1) is 40.5 Å². The van der Waals surface area contributed by atoms with Crippen LogP contribution in [0.4, 0.5) is 5.69 Å². The third-order valence-corrected chi connectivity index (χ3v) is 8.20. The second-order valence-corrected chi connectivity index (χ2v) is 11.0. The summed E-state index contributed by atoms with van der Waals surface area (Å²) >= 11 is 1.28. The van der Waals surface area contributed by atoms with Gasteiger partial charge in [0, 0.05) is 38.8 Å². The number of nitrogens with zero attached hydrogens (tertiary/aromatic N) is 4. The zero-order valence-corrected chi connectivity index (χ0v) is 24.3. The van der Waals surface area contributed by atoms with Crippen LogP contribution in [-0.4, -0.2) is 61.3 Å². The molecule has 0 spiro atoms. The highest BCUT2D eigenvalue weighted by molar-refractivity contribution is 7.15. The van der Waals surface area contributed by atoms with Crippen LogP contribution < -0.4 is 5.32 Å². The maximum atomic E-state index is 13.5. The van der Waals surface area contributed by atoms with E-state index in [0.29, 0.717) is 34.8 Å². The van der Waals surface area contributed by atoms with Gasteiger partial charge in [0.1, 0.15) is 6.04 Å². The molecule has 2 aromatic carbocycles. The average molecular weight is 570 g/mol. The molecule has 0 aliphatic carbocycles. The van der Waals surface area contributed by atoms with Crippen LogP contribution in [0.15, 0.2) is 72.2 Å². The summed E-state index contributed by atoms with van der Waals surface area (Å²) in [5.41, 5.74) is 3.71. The predicted molar refractivity (Wildman–Crippen MR) is 163 cm³/mol. The lowest BCUT2D eigenvalue weighted by molar-refractivity contribution is -0.142. The van der Waals surface area contributed by atoms with Crippen LogP contribution in [0.1, 0.15) is 50.5 Å². The van der Waals surface area contributed by atoms with Crippen molar-refractivity contribution in [3.05, 3.63) is 93.7 Å². The molecule has 41 heavy (non-hydrogen) atoms. The molecule has 0 radical (unpaired) electrons. The smallest absolute Gasteiger partial charge is 0.328 e. The van der Waals surface area contributed by atoms with Gasteiger partial charge in [-0.25, -0.2) is 9.79 Å². The highest BCUT2D eigenvalue weighted by Gasteiger charge is 2.25. The first-order valence-electron chi connectivity index (χ1n) is 13.6. The van der Waals surface area contributed by atoms with E-state index in [9.17, 15) is 14.9 Å². The maximum Gasteiger partial charge on any atom is 0.328 e. The molecule has 1 atom stereocenters. The molecule has 9 heteroatoms. The second-order valence-electron chi connectivity index (χ2n) is 9.98. The number of amides is 1. The van der Waals surface area contributed by atoms with Crippen LogP contribution in [0.2, 0.25) is 0 Å². The van der Waals surface area contributed by atoms with Gasteiger partial charge >= 0.3 is 5.97 Å². The number of hydrogen-bond acceptors (Lipinski definition) is 7. The summed E-state index contributed by atoms with van der Waals surface area (Å²) in [6.07, 6.45) is 5.62. The molecule has 1 amide bonds. The highest BCUT2D eigenvalue weighted by atomic mass is 32.1. The molecule has 3 aromatic rings. The zero-order valence-electron chi connectivity index (χ0n) is 23.5. The molecular formula is C32H35N5O3S. The van der Waals surface area contributed by atoms with Crippen molar-refractivity contribution in [2.45, 2.75) is 38.3 Å². The Morgan fingerprint density at radius 1 is 1.17 bits per heavy atom. The monoisotopic (exact) mass is 569 g/mol. The van der Waals surface area contributed by atoms with Crippen molar-refractivity contribution in [1.82, 2.24) is 15.1 Å². The standard InChI is InChI=1S/C32H35N5O3S/c1-23(36(2)21-26-15-9-8-14-25(26)20-33)30-27(34-22-37-16-10-5-11-17-37)19-29(41-30)31(38)35-28(32(39)40-3)18-24-12-6-4-7-13-24/h4,6-9,12-15,19,22,28H,1,5,10-11,16-18,21H2,2-3H3,(H,35,38)/b34-22+. The summed E-state index contributed by atoms with van der Waals surface area (Å²) in [6.45, 7) is 6.69. The fourth-order valence-corrected chi connectivity index (χ4v) is 5.71. The Bertz CT molecular complexity index is 1440. The van der Waals surface area contributed by atoms with Crippen molar-refractivity contribution >= 4 is 40.9 Å². The normalized spacial score (nSPS) is 13.8. The van der Waals surface area contributed by atoms with E-state index in [-0.39, 0.29) is 5.91 Å². The molecule has 4 rings (SSSR count). The Morgan fingerprint density at radius 3 is 2.59 bits per heavy atom. The van der Waals surface area contributed by atoms with E-state index in [1.54, 1.807) is 12.1 Å². The molecule has 0 bridgehead atoms. The van der Waals surface area contributed by atoms with Gasteiger partial charge in [-0.15, -0.1) is 11.3 Å². The van der Waals surface area contributed by atoms with Crippen molar-refractivity contribution in [1.29, 1.82) is 5.26 Å². The number of piperidine rings is 1. The van der Waals surface area contributed by atoms with Gasteiger partial charge < -0.3 is 19.9 Å². The second kappa shape index (κ2) is 14.3. The fourth-order valence-electron chi connectivity index (χ4n) is 4.68. The van der Waals surface area contributed by atoms with E-state index in [1.165, 1.54) is 24.9 Å². The Balaban J connectivity index is 1.59. The number of benzene rings is 2. The molecule has 1 N–H and O–H groups in total. The topological polar surface area (TPSA) is 98.0 Å². The Labute approximate surface area is 245 Å².